The highest BCUT2D eigenvalue weighted by molar-refractivity contribution is 7.90. The zero-order valence-electron chi connectivity index (χ0n) is 13.3. The first-order valence-corrected chi connectivity index (χ1v) is 8.82. The summed E-state index contributed by atoms with van der Waals surface area (Å²) in [4.78, 5) is 5.83. The first kappa shape index (κ1) is 17.8. The Bertz CT molecular complexity index is 582. The van der Waals surface area contributed by atoms with Crippen LogP contribution in [0.3, 0.4) is 0 Å². The Kier molecular flexibility index (Phi) is 5.69. The minimum Gasteiger partial charge on any atom is -0.358 e. The fourth-order valence-electron chi connectivity index (χ4n) is 1.72. The van der Waals surface area contributed by atoms with Gasteiger partial charge in [-0.25, -0.2) is 17.8 Å². The number of pyridine rings is 1. The van der Waals surface area contributed by atoms with E-state index in [0.717, 1.165) is 6.20 Å². The lowest BCUT2D eigenvalue weighted by molar-refractivity contribution is 0.423. The van der Waals surface area contributed by atoms with Gasteiger partial charge in [0.15, 0.2) is 0 Å². The van der Waals surface area contributed by atoms with Gasteiger partial charge in [-0.15, -0.1) is 0 Å². The third-order valence-electron chi connectivity index (χ3n) is 2.88. The fraction of sp³-hybridized carbons (Fsp3) is 0.643. The summed E-state index contributed by atoms with van der Waals surface area (Å²) in [6.45, 7) is 6.85. The van der Waals surface area contributed by atoms with Gasteiger partial charge in [-0.3, -0.25) is 0 Å². The molecule has 0 spiro atoms. The molecule has 0 aromatic carbocycles. The van der Waals surface area contributed by atoms with Crippen LogP contribution in [0.5, 0.6) is 0 Å². The van der Waals surface area contributed by atoms with E-state index in [1.165, 1.54) is 12.3 Å². The second-order valence-electron chi connectivity index (χ2n) is 6.29. The van der Waals surface area contributed by atoms with E-state index in [4.69, 9.17) is 0 Å². The third kappa shape index (κ3) is 6.86. The Morgan fingerprint density at radius 3 is 2.52 bits per heavy atom. The second-order valence-corrected chi connectivity index (χ2v) is 8.55. The molecule has 0 radical (unpaired) electrons. The standard InChI is InChI=1S/C14H24FN3O2S/c1-14(2,3)17-9-11-8-12(15)10-16-13(11)18(4)6-7-21(5,19)20/h8,10,17H,6-7,9H2,1-5H3. The Balaban J connectivity index is 2.90. The van der Waals surface area contributed by atoms with Gasteiger partial charge in [-0.1, -0.05) is 0 Å². The maximum Gasteiger partial charge on any atom is 0.149 e. The number of hydrogen-bond acceptors (Lipinski definition) is 5. The summed E-state index contributed by atoms with van der Waals surface area (Å²) >= 11 is 0. The highest BCUT2D eigenvalue weighted by Crippen LogP contribution is 2.18. The molecule has 0 fully saturated rings. The molecule has 1 rings (SSSR count). The number of hydrogen-bond donors (Lipinski definition) is 1. The highest BCUT2D eigenvalue weighted by atomic mass is 32.2. The van der Waals surface area contributed by atoms with Crippen molar-refractivity contribution in [3.63, 3.8) is 0 Å². The van der Waals surface area contributed by atoms with Crippen molar-refractivity contribution in [3.05, 3.63) is 23.6 Å². The molecule has 0 aliphatic heterocycles. The average molecular weight is 317 g/mol. The Hall–Kier alpha value is -1.21. The Morgan fingerprint density at radius 2 is 2.00 bits per heavy atom. The van der Waals surface area contributed by atoms with Crippen LogP contribution in [0.4, 0.5) is 10.2 Å². The summed E-state index contributed by atoms with van der Waals surface area (Å²) in [5.41, 5.74) is 0.607. The lowest BCUT2D eigenvalue weighted by Crippen LogP contribution is -2.36. The number of nitrogens with zero attached hydrogens (tertiary/aromatic N) is 2. The number of rotatable bonds is 6. The molecule has 21 heavy (non-hydrogen) atoms. The predicted molar refractivity (Wildman–Crippen MR) is 83.8 cm³/mol. The minimum absolute atomic E-state index is 0.0364. The van der Waals surface area contributed by atoms with Crippen molar-refractivity contribution in [2.75, 3.05) is 30.5 Å². The van der Waals surface area contributed by atoms with Crippen molar-refractivity contribution in [2.45, 2.75) is 32.9 Å². The van der Waals surface area contributed by atoms with Gasteiger partial charge in [0.2, 0.25) is 0 Å². The van der Waals surface area contributed by atoms with Gasteiger partial charge in [0, 0.05) is 37.5 Å². The molecule has 1 heterocycles. The second kappa shape index (κ2) is 6.70. The van der Waals surface area contributed by atoms with Crippen LogP contribution in [0.25, 0.3) is 0 Å². The van der Waals surface area contributed by atoms with Gasteiger partial charge in [0.1, 0.15) is 21.5 Å². The summed E-state index contributed by atoms with van der Waals surface area (Å²) in [7, 11) is -1.29. The zero-order chi connectivity index (χ0) is 16.3. The van der Waals surface area contributed by atoms with E-state index in [1.807, 2.05) is 20.8 Å². The van der Waals surface area contributed by atoms with Crippen LogP contribution >= 0.6 is 0 Å². The minimum atomic E-state index is -3.04. The van der Waals surface area contributed by atoms with Gasteiger partial charge in [-0.05, 0) is 26.8 Å². The van der Waals surface area contributed by atoms with Gasteiger partial charge >= 0.3 is 0 Å². The Labute approximate surface area is 126 Å². The highest BCUT2D eigenvalue weighted by Gasteiger charge is 2.15. The molecule has 5 nitrogen and oxygen atoms in total. The fourth-order valence-corrected chi connectivity index (χ4v) is 2.32. The lowest BCUT2D eigenvalue weighted by atomic mass is 10.1. The van der Waals surface area contributed by atoms with Gasteiger partial charge < -0.3 is 10.2 Å². The molecule has 1 aromatic heterocycles. The maximum atomic E-state index is 13.4. The van der Waals surface area contributed by atoms with Crippen LogP contribution in [-0.2, 0) is 16.4 Å². The summed E-state index contributed by atoms with van der Waals surface area (Å²) in [6, 6.07) is 1.43. The first-order valence-electron chi connectivity index (χ1n) is 6.76. The van der Waals surface area contributed by atoms with Gasteiger partial charge in [-0.2, -0.15) is 0 Å². The third-order valence-corrected chi connectivity index (χ3v) is 3.80. The quantitative estimate of drug-likeness (QED) is 0.863. The topological polar surface area (TPSA) is 62.3 Å². The molecule has 0 atom stereocenters. The maximum absolute atomic E-state index is 13.4. The zero-order valence-corrected chi connectivity index (χ0v) is 14.1. The van der Waals surface area contributed by atoms with Crippen LogP contribution in [-0.4, -0.2) is 44.5 Å². The molecule has 120 valence electrons. The van der Waals surface area contributed by atoms with Crippen molar-refractivity contribution in [1.82, 2.24) is 10.3 Å². The molecule has 0 saturated heterocycles. The normalized spacial score (nSPS) is 12.5. The Morgan fingerprint density at radius 1 is 1.38 bits per heavy atom. The van der Waals surface area contributed by atoms with E-state index in [-0.39, 0.29) is 11.3 Å². The summed E-state index contributed by atoms with van der Waals surface area (Å²) in [6.07, 6.45) is 2.34. The smallest absolute Gasteiger partial charge is 0.149 e. The molecule has 0 bridgehead atoms. The van der Waals surface area contributed by atoms with Crippen LogP contribution in [0.15, 0.2) is 12.3 Å². The van der Waals surface area contributed by atoms with Gasteiger partial charge in [0.25, 0.3) is 0 Å². The van der Waals surface area contributed by atoms with E-state index >= 15 is 0 Å². The first-order chi connectivity index (χ1) is 9.48. The molecular formula is C14H24FN3O2S. The summed E-state index contributed by atoms with van der Waals surface area (Å²) in [5, 5.41) is 3.28. The van der Waals surface area contributed by atoms with E-state index in [9.17, 15) is 12.8 Å². The largest absolute Gasteiger partial charge is 0.358 e. The van der Waals surface area contributed by atoms with Crippen molar-refractivity contribution >= 4 is 15.7 Å². The van der Waals surface area contributed by atoms with Crippen LogP contribution < -0.4 is 10.2 Å². The van der Waals surface area contributed by atoms with Crippen molar-refractivity contribution in [1.29, 1.82) is 0 Å². The number of anilines is 1. The van der Waals surface area contributed by atoms with Crippen molar-refractivity contribution < 1.29 is 12.8 Å². The SMILES string of the molecule is CN(CCS(C)(=O)=O)c1ncc(F)cc1CNC(C)(C)C. The lowest BCUT2D eigenvalue weighted by Gasteiger charge is -2.24. The monoisotopic (exact) mass is 317 g/mol. The van der Waals surface area contributed by atoms with E-state index in [2.05, 4.69) is 10.3 Å². The molecule has 0 saturated carbocycles. The molecular weight excluding hydrogens is 293 g/mol. The molecule has 7 heteroatoms. The number of halogens is 1. The van der Waals surface area contributed by atoms with E-state index in [1.54, 1.807) is 11.9 Å². The van der Waals surface area contributed by atoms with Crippen molar-refractivity contribution in [3.8, 4) is 0 Å². The predicted octanol–water partition coefficient (Wildman–Crippen LogP) is 1.59. The molecule has 0 unspecified atom stereocenters. The molecule has 1 aromatic rings. The molecule has 0 aliphatic carbocycles. The number of sulfone groups is 1. The summed E-state index contributed by atoms with van der Waals surface area (Å²) in [5.74, 6) is 0.229. The molecule has 1 N–H and O–H groups in total. The average Bonchev–Trinajstić information content (AvgIpc) is 2.32. The van der Waals surface area contributed by atoms with Crippen LogP contribution in [0.2, 0.25) is 0 Å². The van der Waals surface area contributed by atoms with E-state index < -0.39 is 15.7 Å². The van der Waals surface area contributed by atoms with E-state index in [0.29, 0.717) is 24.5 Å². The number of aromatic nitrogens is 1. The van der Waals surface area contributed by atoms with Crippen LogP contribution in [0, 0.1) is 5.82 Å². The molecule has 0 aliphatic rings. The number of nitrogens with one attached hydrogen (secondary N) is 1. The molecule has 0 amide bonds. The summed E-state index contributed by atoms with van der Waals surface area (Å²) < 4.78 is 35.9. The van der Waals surface area contributed by atoms with Crippen molar-refractivity contribution in [2.24, 2.45) is 0 Å². The van der Waals surface area contributed by atoms with Gasteiger partial charge in [0.05, 0.1) is 11.9 Å². The van der Waals surface area contributed by atoms with Crippen LogP contribution in [0.1, 0.15) is 26.3 Å².